The van der Waals surface area contributed by atoms with Crippen LogP contribution in [0.4, 0.5) is 0 Å². The Morgan fingerprint density at radius 3 is 2.53 bits per heavy atom. The summed E-state index contributed by atoms with van der Waals surface area (Å²) in [5, 5.41) is 10.4. The summed E-state index contributed by atoms with van der Waals surface area (Å²) in [5.41, 5.74) is 0.190. The molecule has 1 aromatic heterocycles. The fraction of sp³-hybridized carbons (Fsp3) is 0.538. The second-order valence-corrected chi connectivity index (χ2v) is 9.63. The Kier molecular flexibility index (Phi) is 7.51. The zero-order chi connectivity index (χ0) is 25.9. The summed E-state index contributed by atoms with van der Waals surface area (Å²) in [6.07, 6.45) is 4.83. The maximum absolute atomic E-state index is 13.4. The molecule has 2 aromatic rings. The van der Waals surface area contributed by atoms with Crippen LogP contribution < -0.4 is 20.1 Å². The van der Waals surface area contributed by atoms with Gasteiger partial charge < -0.3 is 25.0 Å². The average molecular weight is 498 g/mol. The van der Waals surface area contributed by atoms with Crippen molar-refractivity contribution in [2.75, 3.05) is 20.8 Å². The number of hydrogen-bond donors (Lipinski definition) is 2. The summed E-state index contributed by atoms with van der Waals surface area (Å²) in [6.45, 7) is 4.64. The minimum atomic E-state index is -1.08. The molecule has 3 amide bonds. The monoisotopic (exact) mass is 497 g/mol. The highest BCUT2D eigenvalue weighted by atomic mass is 16.5. The van der Waals surface area contributed by atoms with Gasteiger partial charge in [0.2, 0.25) is 5.91 Å². The first-order valence-electron chi connectivity index (χ1n) is 12.5. The molecule has 1 saturated carbocycles. The topological polar surface area (TPSA) is 115 Å². The Labute approximate surface area is 211 Å². The van der Waals surface area contributed by atoms with E-state index in [0.29, 0.717) is 30.2 Å². The van der Waals surface area contributed by atoms with Crippen LogP contribution in [0.5, 0.6) is 11.5 Å². The minimum absolute atomic E-state index is 0.135. The number of hydrogen-bond acceptors (Lipinski definition) is 6. The van der Waals surface area contributed by atoms with Crippen LogP contribution in [0, 0.1) is 0 Å². The van der Waals surface area contributed by atoms with Crippen molar-refractivity contribution < 1.29 is 23.9 Å². The maximum atomic E-state index is 13.4. The Balaban J connectivity index is 1.51. The van der Waals surface area contributed by atoms with E-state index in [2.05, 4.69) is 15.7 Å². The molecule has 1 aromatic carbocycles. The third-order valence-corrected chi connectivity index (χ3v) is 7.06. The van der Waals surface area contributed by atoms with Crippen molar-refractivity contribution >= 4 is 17.7 Å². The normalized spacial score (nSPS) is 19.7. The average Bonchev–Trinajstić information content (AvgIpc) is 3.55. The number of carbonyl (C=O) groups excluding carboxylic acids is 3. The molecule has 0 bridgehead atoms. The van der Waals surface area contributed by atoms with E-state index in [0.717, 1.165) is 31.2 Å². The van der Waals surface area contributed by atoms with E-state index >= 15 is 0 Å². The smallest absolute Gasteiger partial charge is 0.273 e. The van der Waals surface area contributed by atoms with E-state index in [-0.39, 0.29) is 36.6 Å². The van der Waals surface area contributed by atoms with Crippen molar-refractivity contribution in [2.24, 2.45) is 0 Å². The van der Waals surface area contributed by atoms with Crippen LogP contribution in [0.1, 0.15) is 72.5 Å². The van der Waals surface area contributed by atoms with Crippen LogP contribution in [-0.4, -0.2) is 64.7 Å². The van der Waals surface area contributed by atoms with Crippen LogP contribution in [-0.2, 0) is 17.9 Å². The van der Waals surface area contributed by atoms with Crippen LogP contribution in [0.25, 0.3) is 0 Å². The van der Waals surface area contributed by atoms with Gasteiger partial charge in [-0.3, -0.25) is 19.1 Å². The van der Waals surface area contributed by atoms with Crippen molar-refractivity contribution in [2.45, 2.75) is 70.6 Å². The predicted molar refractivity (Wildman–Crippen MR) is 133 cm³/mol. The molecule has 10 nitrogen and oxygen atoms in total. The van der Waals surface area contributed by atoms with Gasteiger partial charge in [0.1, 0.15) is 11.2 Å². The van der Waals surface area contributed by atoms with E-state index in [1.165, 1.54) is 10.7 Å². The van der Waals surface area contributed by atoms with Gasteiger partial charge in [-0.1, -0.05) is 25.8 Å². The van der Waals surface area contributed by atoms with Gasteiger partial charge in [-0.15, -0.1) is 0 Å². The Morgan fingerprint density at radius 2 is 1.86 bits per heavy atom. The fourth-order valence-corrected chi connectivity index (χ4v) is 5.00. The first-order chi connectivity index (χ1) is 17.3. The molecule has 1 fully saturated rings. The lowest BCUT2D eigenvalue weighted by Crippen LogP contribution is -2.65. The molecule has 0 saturated heterocycles. The van der Waals surface area contributed by atoms with Crippen molar-refractivity contribution in [3.63, 3.8) is 0 Å². The van der Waals surface area contributed by atoms with Gasteiger partial charge in [0, 0.05) is 25.2 Å². The number of nitrogens with zero attached hydrogens (tertiary/aromatic N) is 3. The number of amides is 3. The van der Waals surface area contributed by atoms with Gasteiger partial charge in [-0.05, 0) is 43.9 Å². The van der Waals surface area contributed by atoms with Crippen LogP contribution >= 0.6 is 0 Å². The molecule has 0 spiro atoms. The number of rotatable bonds is 9. The molecular formula is C26H35N5O5. The van der Waals surface area contributed by atoms with Gasteiger partial charge in [0.05, 0.1) is 20.8 Å². The molecule has 2 N–H and O–H groups in total. The Morgan fingerprint density at radius 1 is 1.14 bits per heavy atom. The van der Waals surface area contributed by atoms with Gasteiger partial charge in [-0.2, -0.15) is 5.10 Å². The van der Waals surface area contributed by atoms with Crippen molar-refractivity contribution in [3.8, 4) is 11.5 Å². The SMILES string of the molecule is CCCN1C(=O)c2cc(C(=O)NCc3ccc(OC)c(OC)c3)nn2CC1(C)C(=O)NC1CCCC1. The molecule has 4 rings (SSSR count). The lowest BCUT2D eigenvalue weighted by molar-refractivity contribution is -0.133. The van der Waals surface area contributed by atoms with Crippen LogP contribution in [0.3, 0.4) is 0 Å². The third kappa shape index (κ3) is 4.89. The Hall–Kier alpha value is -3.56. The van der Waals surface area contributed by atoms with Crippen LogP contribution in [0.2, 0.25) is 0 Å². The zero-order valence-corrected chi connectivity index (χ0v) is 21.4. The van der Waals surface area contributed by atoms with E-state index in [9.17, 15) is 14.4 Å². The van der Waals surface area contributed by atoms with Gasteiger partial charge in [0.15, 0.2) is 17.2 Å². The third-order valence-electron chi connectivity index (χ3n) is 7.06. The van der Waals surface area contributed by atoms with Gasteiger partial charge in [-0.25, -0.2) is 0 Å². The van der Waals surface area contributed by atoms with Crippen molar-refractivity contribution in [3.05, 3.63) is 41.2 Å². The molecule has 36 heavy (non-hydrogen) atoms. The summed E-state index contributed by atoms with van der Waals surface area (Å²) in [7, 11) is 3.11. The number of methoxy groups -OCH3 is 2. The lowest BCUT2D eigenvalue weighted by atomic mass is 9.94. The first kappa shape index (κ1) is 25.5. The molecule has 1 aliphatic heterocycles. The second-order valence-electron chi connectivity index (χ2n) is 9.63. The lowest BCUT2D eigenvalue weighted by Gasteiger charge is -2.43. The molecular weight excluding hydrogens is 462 g/mol. The molecule has 10 heteroatoms. The maximum Gasteiger partial charge on any atom is 0.273 e. The molecule has 1 unspecified atom stereocenters. The molecule has 1 aliphatic carbocycles. The summed E-state index contributed by atoms with van der Waals surface area (Å²) in [4.78, 5) is 41.3. The molecule has 2 heterocycles. The first-order valence-corrected chi connectivity index (χ1v) is 12.5. The van der Waals surface area contributed by atoms with E-state index < -0.39 is 11.4 Å². The van der Waals surface area contributed by atoms with E-state index in [1.54, 1.807) is 38.2 Å². The highest BCUT2D eigenvalue weighted by molar-refractivity contribution is 6.02. The van der Waals surface area contributed by atoms with Crippen LogP contribution in [0.15, 0.2) is 24.3 Å². The standard InChI is InChI=1S/C26H35N5O5/c1-5-12-30-24(33)20-14-19(23(32)27-15-17-10-11-21(35-3)22(13-17)36-4)29-31(20)16-26(30,2)25(34)28-18-8-6-7-9-18/h10-11,13-14,18H,5-9,12,15-16H2,1-4H3,(H,27,32)(H,28,34). The predicted octanol–water partition coefficient (Wildman–Crippen LogP) is 2.51. The van der Waals surface area contributed by atoms with E-state index in [1.807, 2.05) is 13.0 Å². The summed E-state index contributed by atoms with van der Waals surface area (Å²) < 4.78 is 12.1. The number of fused-ring (bicyclic) bond motifs is 1. The number of aromatic nitrogens is 2. The summed E-state index contributed by atoms with van der Waals surface area (Å²) >= 11 is 0. The summed E-state index contributed by atoms with van der Waals surface area (Å²) in [5.74, 6) is 0.303. The molecule has 1 atom stereocenters. The second kappa shape index (κ2) is 10.6. The Bertz CT molecular complexity index is 1140. The zero-order valence-electron chi connectivity index (χ0n) is 21.4. The fourth-order valence-electron chi connectivity index (χ4n) is 5.00. The quantitative estimate of drug-likeness (QED) is 0.550. The van der Waals surface area contributed by atoms with Crippen molar-refractivity contribution in [1.82, 2.24) is 25.3 Å². The number of carbonyl (C=O) groups is 3. The number of nitrogens with one attached hydrogen (secondary N) is 2. The highest BCUT2D eigenvalue weighted by Crippen LogP contribution is 2.30. The minimum Gasteiger partial charge on any atom is -0.493 e. The molecule has 2 aliphatic rings. The molecule has 0 radical (unpaired) electrons. The highest BCUT2D eigenvalue weighted by Gasteiger charge is 2.48. The number of ether oxygens (including phenoxy) is 2. The van der Waals surface area contributed by atoms with Gasteiger partial charge >= 0.3 is 0 Å². The number of benzene rings is 1. The van der Waals surface area contributed by atoms with Gasteiger partial charge in [0.25, 0.3) is 11.8 Å². The summed E-state index contributed by atoms with van der Waals surface area (Å²) in [6, 6.07) is 7.04. The van der Waals surface area contributed by atoms with E-state index in [4.69, 9.17) is 9.47 Å². The largest absolute Gasteiger partial charge is 0.493 e. The van der Waals surface area contributed by atoms with Crippen molar-refractivity contribution in [1.29, 1.82) is 0 Å². The molecule has 194 valence electrons.